The molecule has 0 spiro atoms. The first-order chi connectivity index (χ1) is 27.8. The minimum absolute atomic E-state index is 0.576. The third-order valence-electron chi connectivity index (χ3n) is 11.4. The molecule has 56 heavy (non-hydrogen) atoms. The molecule has 10 aromatic rings. The van der Waals surface area contributed by atoms with Crippen molar-refractivity contribution in [2.75, 3.05) is 0 Å². The molecule has 0 aliphatic heterocycles. The first kappa shape index (κ1) is 32.1. The van der Waals surface area contributed by atoms with E-state index in [9.17, 15) is 0 Å². The highest BCUT2D eigenvalue weighted by Gasteiger charge is 2.46. The highest BCUT2D eigenvalue weighted by Crippen LogP contribution is 2.58. The average molecular weight is 715 g/mol. The van der Waals surface area contributed by atoms with Crippen LogP contribution in [0.1, 0.15) is 22.3 Å². The number of para-hydroxylation sites is 1. The van der Waals surface area contributed by atoms with Crippen LogP contribution in [0.4, 0.5) is 0 Å². The summed E-state index contributed by atoms with van der Waals surface area (Å²) in [6.45, 7) is 0. The molecule has 0 saturated heterocycles. The molecular formula is C53H34N2O. The number of aromatic nitrogens is 2. The number of hydrogen-bond acceptors (Lipinski definition) is 3. The van der Waals surface area contributed by atoms with E-state index in [2.05, 4.69) is 170 Å². The van der Waals surface area contributed by atoms with Crippen LogP contribution in [0.3, 0.4) is 0 Å². The van der Waals surface area contributed by atoms with Crippen LogP contribution in [-0.2, 0) is 5.41 Å². The predicted molar refractivity (Wildman–Crippen MR) is 228 cm³/mol. The Balaban J connectivity index is 1.26. The van der Waals surface area contributed by atoms with Gasteiger partial charge in [-0.25, -0.2) is 9.97 Å². The summed E-state index contributed by atoms with van der Waals surface area (Å²) in [5, 5.41) is 0.966. The molecule has 2 heterocycles. The summed E-state index contributed by atoms with van der Waals surface area (Å²) in [7, 11) is 0. The maximum absolute atomic E-state index is 6.54. The van der Waals surface area contributed by atoms with Crippen molar-refractivity contribution < 1.29 is 4.42 Å². The summed E-state index contributed by atoms with van der Waals surface area (Å²) in [6.07, 6.45) is 0. The molecule has 1 aliphatic rings. The van der Waals surface area contributed by atoms with Crippen LogP contribution in [0.5, 0.6) is 0 Å². The van der Waals surface area contributed by atoms with Crippen molar-refractivity contribution in [2.24, 2.45) is 0 Å². The average Bonchev–Trinajstić information content (AvgIpc) is 3.80. The van der Waals surface area contributed by atoms with Crippen molar-refractivity contribution >= 4 is 22.1 Å². The van der Waals surface area contributed by atoms with E-state index in [0.717, 1.165) is 44.4 Å². The minimum Gasteiger partial charge on any atom is -0.452 e. The third kappa shape index (κ3) is 4.91. The van der Waals surface area contributed by atoms with E-state index >= 15 is 0 Å². The minimum atomic E-state index is -0.576. The van der Waals surface area contributed by atoms with Crippen LogP contribution in [0.15, 0.2) is 211 Å². The number of rotatable bonds is 6. The number of furan rings is 1. The van der Waals surface area contributed by atoms with E-state index in [-0.39, 0.29) is 0 Å². The Kier molecular flexibility index (Phi) is 7.39. The maximum Gasteiger partial charge on any atom is 0.180 e. The van der Waals surface area contributed by atoms with Gasteiger partial charge in [-0.05, 0) is 79.9 Å². The molecule has 8 aromatic carbocycles. The van der Waals surface area contributed by atoms with Gasteiger partial charge < -0.3 is 4.42 Å². The number of nitrogens with zero attached hydrogens (tertiary/aromatic N) is 2. The molecule has 1 aliphatic carbocycles. The van der Waals surface area contributed by atoms with Crippen molar-refractivity contribution in [3.63, 3.8) is 0 Å². The Bertz CT molecular complexity index is 3000. The zero-order chi connectivity index (χ0) is 37.1. The van der Waals surface area contributed by atoms with Crippen molar-refractivity contribution in [1.82, 2.24) is 9.97 Å². The summed E-state index contributed by atoms with van der Waals surface area (Å²) in [5.41, 5.74) is 16.3. The predicted octanol–water partition coefficient (Wildman–Crippen LogP) is 13.4. The molecule has 262 valence electrons. The van der Waals surface area contributed by atoms with Crippen LogP contribution >= 0.6 is 0 Å². The van der Waals surface area contributed by atoms with Crippen LogP contribution in [0.25, 0.3) is 78.1 Å². The fourth-order valence-corrected chi connectivity index (χ4v) is 8.89. The van der Waals surface area contributed by atoms with Gasteiger partial charge in [0.05, 0.1) is 5.41 Å². The van der Waals surface area contributed by atoms with E-state index in [0.29, 0.717) is 11.4 Å². The SMILES string of the molecule is c1ccc(-c2ccc(-c3cc4c(cc3-c3nc(-c5ccccc5)c5oc6ccccc6c5n3)C(c3ccccc3)(c3ccccc3)c3ccccc3-4)cc2)cc1. The molecule has 0 N–H and O–H groups in total. The second-order valence-electron chi connectivity index (χ2n) is 14.5. The van der Waals surface area contributed by atoms with Gasteiger partial charge in [-0.2, -0.15) is 0 Å². The summed E-state index contributed by atoms with van der Waals surface area (Å²) < 4.78 is 6.54. The zero-order valence-electron chi connectivity index (χ0n) is 30.4. The first-order valence-corrected chi connectivity index (χ1v) is 19.1. The fourth-order valence-electron chi connectivity index (χ4n) is 8.89. The topological polar surface area (TPSA) is 38.9 Å². The van der Waals surface area contributed by atoms with Gasteiger partial charge in [0.15, 0.2) is 11.4 Å². The van der Waals surface area contributed by atoms with Crippen molar-refractivity contribution in [3.05, 3.63) is 229 Å². The lowest BCUT2D eigenvalue weighted by Gasteiger charge is -2.34. The van der Waals surface area contributed by atoms with Gasteiger partial charge in [-0.15, -0.1) is 0 Å². The molecule has 0 saturated carbocycles. The molecule has 3 heteroatoms. The largest absolute Gasteiger partial charge is 0.452 e. The Morgan fingerprint density at radius 1 is 0.375 bits per heavy atom. The van der Waals surface area contributed by atoms with Gasteiger partial charge in [0.1, 0.15) is 16.8 Å². The summed E-state index contributed by atoms with van der Waals surface area (Å²) in [5.74, 6) is 0.652. The van der Waals surface area contributed by atoms with Crippen LogP contribution in [-0.4, -0.2) is 9.97 Å². The smallest absolute Gasteiger partial charge is 0.180 e. The monoisotopic (exact) mass is 714 g/mol. The van der Waals surface area contributed by atoms with E-state index in [1.165, 1.54) is 44.5 Å². The van der Waals surface area contributed by atoms with Crippen molar-refractivity contribution in [3.8, 4) is 56.0 Å². The van der Waals surface area contributed by atoms with E-state index in [4.69, 9.17) is 14.4 Å². The highest BCUT2D eigenvalue weighted by atomic mass is 16.3. The Labute approximate surface area is 325 Å². The van der Waals surface area contributed by atoms with Gasteiger partial charge >= 0.3 is 0 Å². The molecule has 2 aromatic heterocycles. The third-order valence-corrected chi connectivity index (χ3v) is 11.4. The number of fused-ring (bicyclic) bond motifs is 6. The molecule has 0 radical (unpaired) electrons. The van der Waals surface area contributed by atoms with Gasteiger partial charge in [0.2, 0.25) is 0 Å². The van der Waals surface area contributed by atoms with Crippen LogP contribution < -0.4 is 0 Å². The molecule has 0 fully saturated rings. The maximum atomic E-state index is 6.54. The van der Waals surface area contributed by atoms with Gasteiger partial charge in [0, 0.05) is 16.5 Å². The Morgan fingerprint density at radius 3 is 1.62 bits per heavy atom. The molecule has 0 unspecified atom stereocenters. The zero-order valence-corrected chi connectivity index (χ0v) is 30.4. The summed E-state index contributed by atoms with van der Waals surface area (Å²) >= 11 is 0. The van der Waals surface area contributed by atoms with E-state index in [1.54, 1.807) is 0 Å². The number of hydrogen-bond donors (Lipinski definition) is 0. The summed E-state index contributed by atoms with van der Waals surface area (Å²) in [4.78, 5) is 10.9. The first-order valence-electron chi connectivity index (χ1n) is 19.1. The van der Waals surface area contributed by atoms with E-state index < -0.39 is 5.41 Å². The molecule has 3 nitrogen and oxygen atoms in total. The molecule has 0 bridgehead atoms. The summed E-state index contributed by atoms with van der Waals surface area (Å²) in [6, 6.07) is 73.4. The normalized spacial score (nSPS) is 12.8. The second-order valence-corrected chi connectivity index (χ2v) is 14.5. The second kappa shape index (κ2) is 12.9. The lowest BCUT2D eigenvalue weighted by Crippen LogP contribution is -2.28. The quantitative estimate of drug-likeness (QED) is 0.172. The van der Waals surface area contributed by atoms with Gasteiger partial charge in [0.25, 0.3) is 0 Å². The van der Waals surface area contributed by atoms with Crippen molar-refractivity contribution in [2.45, 2.75) is 5.41 Å². The molecule has 0 atom stereocenters. The molecule has 0 amide bonds. The lowest BCUT2D eigenvalue weighted by molar-refractivity contribution is 0.667. The Hall–Kier alpha value is -7.36. The van der Waals surface area contributed by atoms with Crippen LogP contribution in [0, 0.1) is 0 Å². The van der Waals surface area contributed by atoms with Crippen molar-refractivity contribution in [1.29, 1.82) is 0 Å². The van der Waals surface area contributed by atoms with Gasteiger partial charge in [-0.3, -0.25) is 0 Å². The highest BCUT2D eigenvalue weighted by molar-refractivity contribution is 6.07. The van der Waals surface area contributed by atoms with E-state index in [1.807, 2.05) is 36.4 Å². The lowest BCUT2D eigenvalue weighted by atomic mass is 9.67. The molecular weight excluding hydrogens is 681 g/mol. The van der Waals surface area contributed by atoms with Crippen LogP contribution in [0.2, 0.25) is 0 Å². The fraction of sp³-hybridized carbons (Fsp3) is 0.0189. The van der Waals surface area contributed by atoms with Gasteiger partial charge in [-0.1, -0.05) is 182 Å². The standard InChI is InChI=1S/C53H34N2O/c1-5-17-35(18-6-1)36-29-31-37(32-30-36)43-33-44-41-25-13-15-27-46(41)53(39-21-9-3-10-22-39,40-23-11-4-12-24-40)47(44)34-45(43)52-54-49(38-19-7-2-8-20-38)51-50(55-52)42-26-14-16-28-48(42)56-51/h1-34H. The Morgan fingerprint density at radius 2 is 0.929 bits per heavy atom. The number of benzene rings is 8. The molecule has 11 rings (SSSR count).